The van der Waals surface area contributed by atoms with E-state index >= 15 is 0 Å². The summed E-state index contributed by atoms with van der Waals surface area (Å²) >= 11 is 0. The van der Waals surface area contributed by atoms with Gasteiger partial charge >= 0.3 is 0 Å². The first-order valence-electron chi connectivity index (χ1n) is 3.65. The Balaban J connectivity index is 0.000000222. The lowest BCUT2D eigenvalue weighted by atomic mass is 10.3. The molecule has 1 saturated carbocycles. The van der Waals surface area contributed by atoms with E-state index in [4.69, 9.17) is 5.73 Å². The molecule has 0 bridgehead atoms. The molecule has 1 nitrogen and oxygen atoms in total. The van der Waals surface area contributed by atoms with Crippen molar-refractivity contribution < 1.29 is 0 Å². The normalized spacial score (nSPS) is 19.9. The van der Waals surface area contributed by atoms with Gasteiger partial charge in [0.2, 0.25) is 0 Å². The molecule has 0 unspecified atom stereocenters. The third-order valence-electron chi connectivity index (χ3n) is 1.40. The second-order valence-electron chi connectivity index (χ2n) is 2.04. The smallest absolute Gasteiger partial charge is 0.00388 e. The van der Waals surface area contributed by atoms with Crippen LogP contribution in [0, 0.1) is 0 Å². The van der Waals surface area contributed by atoms with Crippen molar-refractivity contribution in [2.24, 2.45) is 5.73 Å². The van der Waals surface area contributed by atoms with Gasteiger partial charge in [0.15, 0.2) is 0 Å². The topological polar surface area (TPSA) is 26.0 Å². The van der Waals surface area contributed by atoms with Gasteiger partial charge in [-0.25, -0.2) is 0 Å². The maximum Gasteiger partial charge on any atom is 0.00388 e. The Bertz CT molecular complexity index is 37.7. The Labute approximate surface area is 52.3 Å². The Morgan fingerprint density at radius 2 is 1.50 bits per heavy atom. The van der Waals surface area contributed by atoms with Crippen LogP contribution >= 0.6 is 0 Å². The van der Waals surface area contributed by atoms with Crippen molar-refractivity contribution >= 4 is 0 Å². The van der Waals surface area contributed by atoms with Crippen LogP contribution in [0.4, 0.5) is 0 Å². The molecule has 0 aromatic rings. The van der Waals surface area contributed by atoms with E-state index in [0.29, 0.717) is 6.04 Å². The lowest BCUT2D eigenvalue weighted by molar-refractivity contribution is 0.704. The molecule has 1 fully saturated rings. The lowest BCUT2D eigenvalue weighted by Gasteiger charge is -1.92. The standard InChI is InChI=1S/C5H11N.C2H6/c6-5-3-1-2-4-5;1-2/h5H,1-4,6H2;1-2H3. The Kier molecular flexibility index (Phi) is 5.08. The van der Waals surface area contributed by atoms with Crippen LogP contribution in [0.5, 0.6) is 0 Å². The molecule has 0 heterocycles. The third-order valence-corrected chi connectivity index (χ3v) is 1.40. The minimum atomic E-state index is 0.546. The van der Waals surface area contributed by atoms with Crippen LogP contribution in [0.2, 0.25) is 0 Å². The fourth-order valence-electron chi connectivity index (χ4n) is 0.957. The largest absolute Gasteiger partial charge is 0.328 e. The first-order valence-corrected chi connectivity index (χ1v) is 3.65. The van der Waals surface area contributed by atoms with Crippen LogP contribution in [-0.2, 0) is 0 Å². The van der Waals surface area contributed by atoms with Gasteiger partial charge in [-0.1, -0.05) is 26.7 Å². The summed E-state index contributed by atoms with van der Waals surface area (Å²) in [6, 6.07) is 0.546. The molecule has 8 heavy (non-hydrogen) atoms. The molecule has 1 aliphatic carbocycles. The van der Waals surface area contributed by atoms with Crippen LogP contribution < -0.4 is 5.73 Å². The first-order chi connectivity index (χ1) is 3.89. The van der Waals surface area contributed by atoms with Crippen LogP contribution in [-0.4, -0.2) is 6.04 Å². The molecule has 0 atom stereocenters. The molecule has 0 aromatic heterocycles. The van der Waals surface area contributed by atoms with E-state index in [-0.39, 0.29) is 0 Å². The second-order valence-corrected chi connectivity index (χ2v) is 2.04. The fraction of sp³-hybridized carbons (Fsp3) is 1.00. The van der Waals surface area contributed by atoms with Crippen molar-refractivity contribution in [1.29, 1.82) is 0 Å². The molecule has 1 heteroatoms. The summed E-state index contributed by atoms with van der Waals surface area (Å²) in [7, 11) is 0. The van der Waals surface area contributed by atoms with Gasteiger partial charge in [-0.05, 0) is 12.8 Å². The summed E-state index contributed by atoms with van der Waals surface area (Å²) in [5, 5.41) is 0. The molecule has 1 rings (SSSR count). The highest BCUT2D eigenvalue weighted by Crippen LogP contribution is 2.14. The van der Waals surface area contributed by atoms with Crippen molar-refractivity contribution in [3.05, 3.63) is 0 Å². The zero-order chi connectivity index (χ0) is 6.41. The molecule has 0 aliphatic heterocycles. The minimum Gasteiger partial charge on any atom is -0.328 e. The molecular formula is C7H17N. The zero-order valence-electron chi connectivity index (χ0n) is 5.98. The molecule has 0 saturated heterocycles. The van der Waals surface area contributed by atoms with Crippen LogP contribution in [0.25, 0.3) is 0 Å². The average Bonchev–Trinajstić information content (AvgIpc) is 2.24. The SMILES string of the molecule is CC.NC1CCCC1. The van der Waals surface area contributed by atoms with Crippen LogP contribution in [0.15, 0.2) is 0 Å². The Morgan fingerprint density at radius 3 is 1.62 bits per heavy atom. The van der Waals surface area contributed by atoms with Gasteiger partial charge in [0, 0.05) is 6.04 Å². The zero-order valence-corrected chi connectivity index (χ0v) is 5.98. The van der Waals surface area contributed by atoms with Gasteiger partial charge < -0.3 is 5.73 Å². The van der Waals surface area contributed by atoms with Crippen molar-refractivity contribution in [1.82, 2.24) is 0 Å². The predicted molar refractivity (Wildman–Crippen MR) is 37.8 cm³/mol. The van der Waals surface area contributed by atoms with Crippen molar-refractivity contribution in [2.45, 2.75) is 45.6 Å². The maximum atomic E-state index is 5.53. The van der Waals surface area contributed by atoms with Gasteiger partial charge in [-0.15, -0.1) is 0 Å². The van der Waals surface area contributed by atoms with Crippen LogP contribution in [0.1, 0.15) is 39.5 Å². The van der Waals surface area contributed by atoms with Gasteiger partial charge in [-0.3, -0.25) is 0 Å². The quantitative estimate of drug-likeness (QED) is 0.512. The average molecular weight is 115 g/mol. The summed E-state index contributed by atoms with van der Waals surface area (Å²) in [5.74, 6) is 0. The van der Waals surface area contributed by atoms with Crippen molar-refractivity contribution in [2.75, 3.05) is 0 Å². The number of hydrogen-bond donors (Lipinski definition) is 1. The van der Waals surface area contributed by atoms with Crippen molar-refractivity contribution in [3.63, 3.8) is 0 Å². The molecule has 50 valence electrons. The molecule has 1 aliphatic rings. The van der Waals surface area contributed by atoms with E-state index in [1.807, 2.05) is 13.8 Å². The lowest BCUT2D eigenvalue weighted by Crippen LogP contribution is -2.13. The molecule has 2 N–H and O–H groups in total. The van der Waals surface area contributed by atoms with E-state index in [0.717, 1.165) is 0 Å². The van der Waals surface area contributed by atoms with E-state index in [1.165, 1.54) is 25.7 Å². The number of nitrogens with two attached hydrogens (primary N) is 1. The predicted octanol–water partition coefficient (Wildman–Crippen LogP) is 1.91. The molecule has 0 aromatic carbocycles. The number of rotatable bonds is 0. The van der Waals surface area contributed by atoms with Crippen LogP contribution in [0.3, 0.4) is 0 Å². The van der Waals surface area contributed by atoms with Gasteiger partial charge in [0.25, 0.3) is 0 Å². The molecule has 0 radical (unpaired) electrons. The van der Waals surface area contributed by atoms with E-state index in [2.05, 4.69) is 0 Å². The molecular weight excluding hydrogens is 98.1 g/mol. The second kappa shape index (κ2) is 5.10. The molecule has 0 amide bonds. The monoisotopic (exact) mass is 115 g/mol. The number of hydrogen-bond acceptors (Lipinski definition) is 1. The van der Waals surface area contributed by atoms with Crippen molar-refractivity contribution in [3.8, 4) is 0 Å². The highest BCUT2D eigenvalue weighted by Gasteiger charge is 2.07. The summed E-state index contributed by atoms with van der Waals surface area (Å²) in [6.07, 6.45) is 5.25. The Hall–Kier alpha value is -0.0400. The third kappa shape index (κ3) is 3.03. The van der Waals surface area contributed by atoms with E-state index in [1.54, 1.807) is 0 Å². The van der Waals surface area contributed by atoms with E-state index < -0.39 is 0 Å². The summed E-state index contributed by atoms with van der Waals surface area (Å²) in [5.41, 5.74) is 5.53. The molecule has 0 spiro atoms. The summed E-state index contributed by atoms with van der Waals surface area (Å²) < 4.78 is 0. The van der Waals surface area contributed by atoms with Gasteiger partial charge in [-0.2, -0.15) is 0 Å². The highest BCUT2D eigenvalue weighted by atomic mass is 14.6. The highest BCUT2D eigenvalue weighted by molar-refractivity contribution is 4.67. The van der Waals surface area contributed by atoms with Gasteiger partial charge in [0.05, 0.1) is 0 Å². The fourth-order valence-corrected chi connectivity index (χ4v) is 0.957. The first kappa shape index (κ1) is 7.96. The maximum absolute atomic E-state index is 5.53. The van der Waals surface area contributed by atoms with Gasteiger partial charge in [0.1, 0.15) is 0 Å². The minimum absolute atomic E-state index is 0.546. The van der Waals surface area contributed by atoms with E-state index in [9.17, 15) is 0 Å². The Morgan fingerprint density at radius 1 is 1.12 bits per heavy atom. The summed E-state index contributed by atoms with van der Waals surface area (Å²) in [4.78, 5) is 0. The summed E-state index contributed by atoms with van der Waals surface area (Å²) in [6.45, 7) is 4.00.